The molecule has 1 heterocycles. The molecule has 1 aliphatic heterocycles. The van der Waals surface area contributed by atoms with Gasteiger partial charge >= 0.3 is 5.97 Å². The van der Waals surface area contributed by atoms with Crippen LogP contribution < -0.4 is 5.32 Å². The number of benzene rings is 2. The molecule has 1 aliphatic carbocycles. The molecule has 2 aliphatic rings. The first-order valence-corrected chi connectivity index (χ1v) is 11.0. The molecule has 6 heteroatoms. The number of carbonyl (C=O) groups excluding carboxylic acids is 2. The van der Waals surface area contributed by atoms with Gasteiger partial charge in [-0.3, -0.25) is 9.59 Å². The number of piperidine rings is 1. The van der Waals surface area contributed by atoms with Gasteiger partial charge in [0.05, 0.1) is 25.0 Å². The van der Waals surface area contributed by atoms with Gasteiger partial charge < -0.3 is 10.1 Å². The molecule has 0 radical (unpaired) electrons. The number of hydrogen-bond donors (Lipinski definition) is 1. The Morgan fingerprint density at radius 2 is 1.83 bits per heavy atom. The van der Waals surface area contributed by atoms with Crippen molar-refractivity contribution in [1.29, 1.82) is 0 Å². The maximum Gasteiger partial charge on any atom is 0.306 e. The highest BCUT2D eigenvalue weighted by molar-refractivity contribution is 6.30. The summed E-state index contributed by atoms with van der Waals surface area (Å²) in [7, 11) is 1.37. The number of nitrogens with one attached hydrogen (secondary N) is 1. The Morgan fingerprint density at radius 3 is 2.47 bits per heavy atom. The molecule has 4 rings (SSSR count). The van der Waals surface area contributed by atoms with Gasteiger partial charge in [0.2, 0.25) is 5.91 Å². The molecular formula is C24H25Cl2NO3. The third kappa shape index (κ3) is 4.50. The van der Waals surface area contributed by atoms with Crippen molar-refractivity contribution in [2.24, 2.45) is 11.3 Å². The molecule has 2 aromatic carbocycles. The minimum Gasteiger partial charge on any atom is -0.469 e. The number of methoxy groups -OCH3 is 1. The SMILES string of the molecule is COC(=O)C[C@]1(CC2CC2)C[C@H](c2cccc(Cl)c2)[C@@H](c2ccc(Cl)cc2)NC1=O. The molecule has 2 fully saturated rings. The number of amides is 1. The van der Waals surface area contributed by atoms with Crippen molar-refractivity contribution < 1.29 is 14.3 Å². The van der Waals surface area contributed by atoms with Crippen LogP contribution in [-0.2, 0) is 14.3 Å². The van der Waals surface area contributed by atoms with E-state index < -0.39 is 5.41 Å². The average molecular weight is 446 g/mol. The van der Waals surface area contributed by atoms with E-state index in [1.165, 1.54) is 7.11 Å². The van der Waals surface area contributed by atoms with Crippen molar-refractivity contribution in [2.45, 2.75) is 44.1 Å². The second kappa shape index (κ2) is 8.60. The number of carbonyl (C=O) groups is 2. The normalized spacial score (nSPS) is 26.2. The molecule has 1 amide bonds. The average Bonchev–Trinajstić information content (AvgIpc) is 3.54. The summed E-state index contributed by atoms with van der Waals surface area (Å²) >= 11 is 12.4. The zero-order chi connectivity index (χ0) is 21.3. The summed E-state index contributed by atoms with van der Waals surface area (Å²) in [5, 5.41) is 4.54. The van der Waals surface area contributed by atoms with Crippen LogP contribution in [0.5, 0.6) is 0 Å². The molecule has 30 heavy (non-hydrogen) atoms. The number of rotatable bonds is 6. The minimum atomic E-state index is -0.774. The Balaban J connectivity index is 1.75. The Morgan fingerprint density at radius 1 is 1.10 bits per heavy atom. The van der Waals surface area contributed by atoms with E-state index in [0.29, 0.717) is 28.8 Å². The van der Waals surface area contributed by atoms with Crippen molar-refractivity contribution in [3.8, 4) is 0 Å². The largest absolute Gasteiger partial charge is 0.469 e. The van der Waals surface area contributed by atoms with E-state index in [4.69, 9.17) is 27.9 Å². The van der Waals surface area contributed by atoms with Crippen LogP contribution in [0.4, 0.5) is 0 Å². The van der Waals surface area contributed by atoms with Crippen LogP contribution in [-0.4, -0.2) is 19.0 Å². The van der Waals surface area contributed by atoms with Gasteiger partial charge in [-0.25, -0.2) is 0 Å². The maximum absolute atomic E-state index is 13.5. The van der Waals surface area contributed by atoms with E-state index in [-0.39, 0.29) is 30.3 Å². The highest BCUT2D eigenvalue weighted by atomic mass is 35.5. The Hall–Kier alpha value is -2.04. The highest BCUT2D eigenvalue weighted by Gasteiger charge is 2.51. The standard InChI is InChI=1S/C24H25Cl2NO3/c1-30-21(28)14-24(12-15-5-6-15)13-20(17-3-2-4-19(26)11-17)22(27-23(24)29)16-7-9-18(25)10-8-16/h2-4,7-11,15,20,22H,5-6,12-14H2,1H3,(H,27,29)/t20-,22-,24+/m1/s1. The van der Waals surface area contributed by atoms with E-state index in [1.807, 2.05) is 48.5 Å². The molecule has 1 saturated carbocycles. The second-order valence-electron chi connectivity index (χ2n) is 8.55. The predicted molar refractivity (Wildman–Crippen MR) is 118 cm³/mol. The number of halogens is 2. The third-order valence-corrected chi connectivity index (χ3v) is 6.86. The van der Waals surface area contributed by atoms with E-state index >= 15 is 0 Å². The molecule has 0 aromatic heterocycles. The third-order valence-electron chi connectivity index (χ3n) is 6.37. The van der Waals surface area contributed by atoms with Crippen molar-refractivity contribution >= 4 is 35.1 Å². The van der Waals surface area contributed by atoms with Crippen LogP contribution in [0, 0.1) is 11.3 Å². The smallest absolute Gasteiger partial charge is 0.306 e. The van der Waals surface area contributed by atoms with Gasteiger partial charge in [0.1, 0.15) is 0 Å². The van der Waals surface area contributed by atoms with Gasteiger partial charge in [-0.05, 0) is 54.2 Å². The Kier molecular flexibility index (Phi) is 6.08. The molecule has 2 aromatic rings. The summed E-state index contributed by atoms with van der Waals surface area (Å²) in [5.74, 6) is 0.0529. The first-order chi connectivity index (χ1) is 14.4. The van der Waals surface area contributed by atoms with Crippen LogP contribution in [0.25, 0.3) is 0 Å². The lowest BCUT2D eigenvalue weighted by Crippen LogP contribution is -2.51. The van der Waals surface area contributed by atoms with Crippen LogP contribution in [0.15, 0.2) is 48.5 Å². The molecular weight excluding hydrogens is 421 g/mol. The second-order valence-corrected chi connectivity index (χ2v) is 9.42. The molecule has 3 atom stereocenters. The first-order valence-electron chi connectivity index (χ1n) is 10.3. The van der Waals surface area contributed by atoms with Gasteiger partial charge in [-0.1, -0.05) is 60.3 Å². The van der Waals surface area contributed by atoms with Gasteiger partial charge in [0.15, 0.2) is 0 Å². The monoisotopic (exact) mass is 445 g/mol. The molecule has 1 N–H and O–H groups in total. The fourth-order valence-electron chi connectivity index (χ4n) is 4.68. The van der Waals surface area contributed by atoms with Crippen molar-refractivity contribution in [1.82, 2.24) is 5.32 Å². The van der Waals surface area contributed by atoms with Gasteiger partial charge in [-0.2, -0.15) is 0 Å². The zero-order valence-corrected chi connectivity index (χ0v) is 18.4. The molecule has 0 unspecified atom stereocenters. The van der Waals surface area contributed by atoms with Crippen molar-refractivity contribution in [3.63, 3.8) is 0 Å². The number of esters is 1. The molecule has 158 valence electrons. The van der Waals surface area contributed by atoms with Crippen LogP contribution >= 0.6 is 23.2 Å². The summed E-state index contributed by atoms with van der Waals surface area (Å²) in [6.45, 7) is 0. The molecule has 1 saturated heterocycles. The van der Waals surface area contributed by atoms with E-state index in [2.05, 4.69) is 5.32 Å². The summed E-state index contributed by atoms with van der Waals surface area (Å²) in [5.41, 5.74) is 1.26. The number of hydrogen-bond acceptors (Lipinski definition) is 3. The van der Waals surface area contributed by atoms with Crippen LogP contribution in [0.3, 0.4) is 0 Å². The van der Waals surface area contributed by atoms with Gasteiger partial charge in [0, 0.05) is 16.0 Å². The van der Waals surface area contributed by atoms with Crippen molar-refractivity contribution in [3.05, 3.63) is 69.7 Å². The zero-order valence-electron chi connectivity index (χ0n) is 16.9. The van der Waals surface area contributed by atoms with Crippen LogP contribution in [0.2, 0.25) is 10.0 Å². The Labute approximate surface area is 186 Å². The van der Waals surface area contributed by atoms with Crippen LogP contribution in [0.1, 0.15) is 55.2 Å². The highest BCUT2D eigenvalue weighted by Crippen LogP contribution is 2.52. The summed E-state index contributed by atoms with van der Waals surface area (Å²) in [6.07, 6.45) is 3.59. The lowest BCUT2D eigenvalue weighted by atomic mass is 9.65. The van der Waals surface area contributed by atoms with Gasteiger partial charge in [0.25, 0.3) is 0 Å². The van der Waals surface area contributed by atoms with E-state index in [9.17, 15) is 9.59 Å². The molecule has 0 spiro atoms. The summed E-state index contributed by atoms with van der Waals surface area (Å²) < 4.78 is 4.96. The first kappa shape index (κ1) is 21.2. The topological polar surface area (TPSA) is 55.4 Å². The fourth-order valence-corrected chi connectivity index (χ4v) is 5.01. The summed E-state index contributed by atoms with van der Waals surface area (Å²) in [6, 6.07) is 15.1. The molecule has 0 bridgehead atoms. The lowest BCUT2D eigenvalue weighted by Gasteiger charge is -2.44. The summed E-state index contributed by atoms with van der Waals surface area (Å²) in [4.78, 5) is 25.7. The van der Waals surface area contributed by atoms with Gasteiger partial charge in [-0.15, -0.1) is 0 Å². The van der Waals surface area contributed by atoms with Crippen molar-refractivity contribution in [2.75, 3.05) is 7.11 Å². The van der Waals surface area contributed by atoms with E-state index in [1.54, 1.807) is 0 Å². The predicted octanol–water partition coefficient (Wildman–Crippen LogP) is 5.69. The molecule has 4 nitrogen and oxygen atoms in total. The lowest BCUT2D eigenvalue weighted by molar-refractivity contribution is -0.151. The maximum atomic E-state index is 13.5. The Bertz CT molecular complexity index is 942. The minimum absolute atomic E-state index is 0.0222. The number of ether oxygens (including phenoxy) is 1. The van der Waals surface area contributed by atoms with E-state index in [0.717, 1.165) is 24.0 Å². The quantitative estimate of drug-likeness (QED) is 0.581. The fraction of sp³-hybridized carbons (Fsp3) is 0.417.